The van der Waals surface area contributed by atoms with E-state index in [0.29, 0.717) is 11.8 Å². The fraction of sp³-hybridized carbons (Fsp3) is 0.810. The molecule has 7 atom stereocenters. The van der Waals surface area contributed by atoms with Gasteiger partial charge >= 0.3 is 0 Å². The molecule has 0 radical (unpaired) electrons. The van der Waals surface area contributed by atoms with Gasteiger partial charge in [-0.3, -0.25) is 0 Å². The third kappa shape index (κ3) is 3.01. The largest absolute Gasteiger partial charge is 0.388 e. The summed E-state index contributed by atoms with van der Waals surface area (Å²) in [6, 6.07) is 0. The van der Waals surface area contributed by atoms with Gasteiger partial charge in [0.05, 0.1) is 17.8 Å². The fourth-order valence-electron chi connectivity index (χ4n) is 5.15. The van der Waals surface area contributed by atoms with Gasteiger partial charge in [-0.15, -0.1) is 6.58 Å². The van der Waals surface area contributed by atoms with Crippen LogP contribution >= 0.6 is 0 Å². The van der Waals surface area contributed by atoms with E-state index in [0.717, 1.165) is 25.7 Å². The highest BCUT2D eigenvalue weighted by Gasteiger charge is 2.71. The zero-order valence-electron chi connectivity index (χ0n) is 16.4. The molecule has 3 aliphatic rings. The molecule has 1 aliphatic carbocycles. The lowest BCUT2D eigenvalue weighted by Gasteiger charge is -2.47. The van der Waals surface area contributed by atoms with E-state index in [2.05, 4.69) is 33.1 Å². The van der Waals surface area contributed by atoms with E-state index in [-0.39, 0.29) is 23.2 Å². The van der Waals surface area contributed by atoms with Crippen molar-refractivity contribution in [2.24, 2.45) is 17.3 Å². The number of allylic oxidation sites excluding steroid dienone is 2. The van der Waals surface area contributed by atoms with Crippen molar-refractivity contribution >= 4 is 0 Å². The van der Waals surface area contributed by atoms with Crippen molar-refractivity contribution in [3.63, 3.8) is 0 Å². The average molecular weight is 350 g/mol. The first kappa shape index (κ1) is 19.1. The molecule has 2 saturated heterocycles. The van der Waals surface area contributed by atoms with Crippen LogP contribution in [-0.2, 0) is 14.2 Å². The third-order valence-electron chi connectivity index (χ3n) is 6.93. The summed E-state index contributed by atoms with van der Waals surface area (Å²) in [6.07, 6.45) is 5.39. The molecule has 2 heterocycles. The van der Waals surface area contributed by atoms with Gasteiger partial charge in [-0.2, -0.15) is 0 Å². The molecule has 4 nitrogen and oxygen atoms in total. The van der Waals surface area contributed by atoms with E-state index in [4.69, 9.17) is 14.2 Å². The van der Waals surface area contributed by atoms with E-state index >= 15 is 0 Å². The Morgan fingerprint density at radius 3 is 2.56 bits per heavy atom. The molecule has 1 saturated carbocycles. The molecule has 25 heavy (non-hydrogen) atoms. The van der Waals surface area contributed by atoms with Crippen molar-refractivity contribution in [2.45, 2.75) is 83.1 Å². The maximum Gasteiger partial charge on any atom is 0.189 e. The summed E-state index contributed by atoms with van der Waals surface area (Å²) in [5.41, 5.74) is 0.0353. The summed E-state index contributed by atoms with van der Waals surface area (Å²) in [5.74, 6) is 0.771. The first-order valence-corrected chi connectivity index (χ1v) is 9.46. The predicted molar refractivity (Wildman–Crippen MR) is 98.1 cm³/mol. The number of rotatable bonds is 5. The van der Waals surface area contributed by atoms with E-state index < -0.39 is 11.9 Å². The van der Waals surface area contributed by atoms with Gasteiger partial charge in [-0.1, -0.05) is 25.2 Å². The summed E-state index contributed by atoms with van der Waals surface area (Å²) in [6.45, 7) is 16.3. The Labute approximate surface area is 152 Å². The number of epoxide rings is 1. The second kappa shape index (κ2) is 6.19. The Morgan fingerprint density at radius 2 is 2.04 bits per heavy atom. The molecule has 142 valence electrons. The Balaban J connectivity index is 1.81. The molecule has 3 fully saturated rings. The normalized spacial score (nSPS) is 47.0. The highest BCUT2D eigenvalue weighted by Crippen LogP contribution is 2.60. The van der Waals surface area contributed by atoms with Gasteiger partial charge in [0.2, 0.25) is 0 Å². The first-order chi connectivity index (χ1) is 11.6. The van der Waals surface area contributed by atoms with Gasteiger partial charge in [-0.05, 0) is 57.3 Å². The van der Waals surface area contributed by atoms with Crippen LogP contribution < -0.4 is 0 Å². The van der Waals surface area contributed by atoms with Gasteiger partial charge in [0.25, 0.3) is 0 Å². The molecule has 0 aromatic carbocycles. The van der Waals surface area contributed by atoms with Gasteiger partial charge < -0.3 is 19.3 Å². The number of ether oxygens (including phenoxy) is 3. The lowest BCUT2D eigenvalue weighted by Crippen LogP contribution is -2.55. The predicted octanol–water partition coefficient (Wildman–Crippen LogP) is 3.84. The highest BCUT2D eigenvalue weighted by atomic mass is 16.7. The molecule has 0 aromatic rings. The third-order valence-corrected chi connectivity index (χ3v) is 6.93. The minimum absolute atomic E-state index is 0.0943. The van der Waals surface area contributed by atoms with Crippen LogP contribution in [0.5, 0.6) is 0 Å². The van der Waals surface area contributed by atoms with Crippen LogP contribution in [0.3, 0.4) is 0 Å². The van der Waals surface area contributed by atoms with Crippen molar-refractivity contribution in [1.29, 1.82) is 0 Å². The molecule has 0 aromatic heterocycles. The Bertz CT molecular complexity index is 551. The van der Waals surface area contributed by atoms with Crippen molar-refractivity contribution < 1.29 is 19.3 Å². The number of methoxy groups -OCH3 is 1. The smallest absolute Gasteiger partial charge is 0.189 e. The molecule has 0 amide bonds. The summed E-state index contributed by atoms with van der Waals surface area (Å²) in [5, 5.41) is 10.3. The average Bonchev–Trinajstić information content (AvgIpc) is 3.28. The van der Waals surface area contributed by atoms with Crippen molar-refractivity contribution in [2.75, 3.05) is 7.11 Å². The van der Waals surface area contributed by atoms with Crippen LogP contribution in [0.25, 0.3) is 0 Å². The second-order valence-corrected chi connectivity index (χ2v) is 9.12. The zero-order chi connectivity index (χ0) is 18.6. The topological polar surface area (TPSA) is 51.2 Å². The van der Waals surface area contributed by atoms with Crippen LogP contribution in [-0.4, -0.2) is 41.9 Å². The van der Waals surface area contributed by atoms with E-state index in [1.165, 1.54) is 5.57 Å². The molecular formula is C21H34O4. The van der Waals surface area contributed by atoms with E-state index in [9.17, 15) is 5.11 Å². The SMILES string of the molecule is C=C[C@@]1(C)CC[C@H]([C@]23O[C@H]2C[C@H](C(C)(C)O)O[C@H]3OC)C[C@@H]1C(=C)C. The van der Waals surface area contributed by atoms with Crippen molar-refractivity contribution in [3.8, 4) is 0 Å². The number of aliphatic hydroxyl groups is 1. The second-order valence-electron chi connectivity index (χ2n) is 9.12. The Morgan fingerprint density at radius 1 is 1.36 bits per heavy atom. The van der Waals surface area contributed by atoms with Crippen LogP contribution in [0.2, 0.25) is 0 Å². The minimum Gasteiger partial charge on any atom is -0.388 e. The first-order valence-electron chi connectivity index (χ1n) is 9.46. The Kier molecular flexibility index (Phi) is 4.73. The van der Waals surface area contributed by atoms with Gasteiger partial charge in [-0.25, -0.2) is 0 Å². The van der Waals surface area contributed by atoms with E-state index in [1.807, 2.05) is 0 Å². The summed E-state index contributed by atoms with van der Waals surface area (Å²) >= 11 is 0. The summed E-state index contributed by atoms with van der Waals surface area (Å²) in [7, 11) is 1.67. The quantitative estimate of drug-likeness (QED) is 0.604. The summed E-state index contributed by atoms with van der Waals surface area (Å²) in [4.78, 5) is 0. The number of hydrogen-bond acceptors (Lipinski definition) is 4. The number of hydrogen-bond donors (Lipinski definition) is 1. The van der Waals surface area contributed by atoms with Crippen molar-refractivity contribution in [3.05, 3.63) is 24.8 Å². The van der Waals surface area contributed by atoms with Gasteiger partial charge in [0.15, 0.2) is 6.29 Å². The molecule has 0 bridgehead atoms. The monoisotopic (exact) mass is 350 g/mol. The van der Waals surface area contributed by atoms with Crippen LogP contribution in [0.4, 0.5) is 0 Å². The van der Waals surface area contributed by atoms with Crippen LogP contribution in [0.15, 0.2) is 24.8 Å². The van der Waals surface area contributed by atoms with Crippen LogP contribution in [0.1, 0.15) is 53.4 Å². The molecule has 2 aliphatic heterocycles. The number of fused-ring (bicyclic) bond motifs is 1. The van der Waals surface area contributed by atoms with Crippen LogP contribution in [0, 0.1) is 17.3 Å². The fourth-order valence-corrected chi connectivity index (χ4v) is 5.15. The molecule has 0 spiro atoms. The molecule has 4 heteroatoms. The minimum atomic E-state index is -0.900. The molecular weight excluding hydrogens is 316 g/mol. The molecule has 3 rings (SSSR count). The van der Waals surface area contributed by atoms with Gasteiger partial charge in [0.1, 0.15) is 5.60 Å². The maximum absolute atomic E-state index is 10.3. The maximum atomic E-state index is 10.3. The van der Waals surface area contributed by atoms with E-state index in [1.54, 1.807) is 21.0 Å². The molecule has 1 N–H and O–H groups in total. The summed E-state index contributed by atoms with van der Waals surface area (Å²) < 4.78 is 18.1. The highest BCUT2D eigenvalue weighted by molar-refractivity contribution is 5.19. The Hall–Kier alpha value is -0.680. The van der Waals surface area contributed by atoms with Crippen molar-refractivity contribution in [1.82, 2.24) is 0 Å². The van der Waals surface area contributed by atoms with Gasteiger partial charge in [0, 0.05) is 13.5 Å². The lowest BCUT2D eigenvalue weighted by molar-refractivity contribution is -0.243. The standard InChI is InChI=1S/C21H34O4/c1-8-20(6)10-9-14(11-15(20)13(2)3)21-17(25-21)12-16(19(4,5)22)24-18(21)23-7/h8,14-18,22H,1-2,9-12H2,3-7H3/t14-,15+,16+,17-,18+,20-,21-/m0/s1. The lowest BCUT2D eigenvalue weighted by atomic mass is 9.59. The molecule has 0 unspecified atom stereocenters. The zero-order valence-corrected chi connectivity index (χ0v) is 16.4.